The van der Waals surface area contributed by atoms with E-state index in [4.69, 9.17) is 0 Å². The van der Waals surface area contributed by atoms with Gasteiger partial charge in [0, 0.05) is 25.0 Å². The molecule has 21 heavy (non-hydrogen) atoms. The number of amides is 1. The molecule has 1 atom stereocenters. The Bertz CT molecular complexity index is 631. The van der Waals surface area contributed by atoms with Gasteiger partial charge >= 0.3 is 0 Å². The van der Waals surface area contributed by atoms with Crippen LogP contribution in [0.3, 0.4) is 0 Å². The van der Waals surface area contributed by atoms with E-state index in [0.717, 1.165) is 37.2 Å². The molecule has 2 saturated heterocycles. The fourth-order valence-electron chi connectivity index (χ4n) is 3.54. The highest BCUT2D eigenvalue weighted by Crippen LogP contribution is 2.39. The topological polar surface area (TPSA) is 83.5 Å². The lowest BCUT2D eigenvalue weighted by molar-refractivity contribution is 0.0519. The number of hydrogen-bond donors (Lipinski definition) is 0. The average Bonchev–Trinajstić information content (AvgIpc) is 3.07. The molecular formula is C12H18N4O3S2. The zero-order valence-electron chi connectivity index (χ0n) is 11.9. The largest absolute Gasteiger partial charge is 0.335 e. The van der Waals surface area contributed by atoms with E-state index < -0.39 is 15.6 Å². The molecule has 0 unspecified atom stereocenters. The molecule has 3 heterocycles. The van der Waals surface area contributed by atoms with Crippen molar-refractivity contribution in [1.82, 2.24) is 18.8 Å². The number of carbonyl (C=O) groups is 1. The van der Waals surface area contributed by atoms with Crippen molar-refractivity contribution in [2.45, 2.75) is 31.2 Å². The minimum atomic E-state index is -3.24. The van der Waals surface area contributed by atoms with E-state index in [2.05, 4.69) is 9.59 Å². The van der Waals surface area contributed by atoms with Gasteiger partial charge in [-0.1, -0.05) is 4.49 Å². The molecule has 0 aliphatic carbocycles. The molecule has 0 N–H and O–H groups in total. The molecule has 1 aromatic heterocycles. The van der Waals surface area contributed by atoms with E-state index >= 15 is 0 Å². The molecule has 1 aromatic rings. The molecule has 7 nitrogen and oxygen atoms in total. The number of hydrogen-bond acceptors (Lipinski definition) is 6. The first kappa shape index (κ1) is 14.9. The quantitative estimate of drug-likeness (QED) is 0.791. The van der Waals surface area contributed by atoms with Crippen molar-refractivity contribution in [1.29, 1.82) is 0 Å². The number of nitrogens with zero attached hydrogens (tertiary/aromatic N) is 4. The maximum Gasteiger partial charge on any atom is 0.275 e. The Morgan fingerprint density at radius 3 is 2.67 bits per heavy atom. The average molecular weight is 330 g/mol. The number of piperidine rings is 1. The van der Waals surface area contributed by atoms with Gasteiger partial charge in [-0.25, -0.2) is 8.42 Å². The van der Waals surface area contributed by atoms with Crippen LogP contribution in [0.4, 0.5) is 0 Å². The first-order chi connectivity index (χ1) is 9.92. The molecule has 0 aromatic carbocycles. The minimum absolute atomic E-state index is 0.150. The van der Waals surface area contributed by atoms with E-state index in [0.29, 0.717) is 25.3 Å². The molecule has 1 spiro atoms. The summed E-state index contributed by atoms with van der Waals surface area (Å²) in [7, 11) is -3.24. The van der Waals surface area contributed by atoms with Crippen LogP contribution < -0.4 is 0 Å². The van der Waals surface area contributed by atoms with Gasteiger partial charge in [-0.05, 0) is 37.2 Å². The molecule has 0 radical (unpaired) electrons. The van der Waals surface area contributed by atoms with Crippen molar-refractivity contribution < 1.29 is 13.2 Å². The van der Waals surface area contributed by atoms with Crippen LogP contribution >= 0.6 is 11.5 Å². The van der Waals surface area contributed by atoms with Crippen molar-refractivity contribution >= 4 is 27.5 Å². The smallest absolute Gasteiger partial charge is 0.275 e. The minimum Gasteiger partial charge on any atom is -0.335 e. The fraction of sp³-hybridized carbons (Fsp3) is 0.750. The van der Waals surface area contributed by atoms with Gasteiger partial charge in [0.05, 0.1) is 11.8 Å². The normalized spacial score (nSPS) is 27.4. The predicted molar refractivity (Wildman–Crippen MR) is 78.6 cm³/mol. The summed E-state index contributed by atoms with van der Waals surface area (Å²) in [5, 5.41) is 5.45. The monoisotopic (exact) mass is 330 g/mol. The summed E-state index contributed by atoms with van der Waals surface area (Å²) in [6.07, 6.45) is 4.56. The van der Waals surface area contributed by atoms with E-state index in [1.165, 1.54) is 6.26 Å². The molecule has 0 saturated carbocycles. The maximum atomic E-state index is 12.4. The summed E-state index contributed by atoms with van der Waals surface area (Å²) in [6.45, 7) is 1.66. The van der Waals surface area contributed by atoms with Gasteiger partial charge in [0.25, 0.3) is 5.91 Å². The third kappa shape index (κ3) is 2.69. The van der Waals surface area contributed by atoms with Gasteiger partial charge in [0.2, 0.25) is 10.0 Å². The Balaban J connectivity index is 1.84. The molecule has 3 rings (SSSR count). The second-order valence-corrected chi connectivity index (χ2v) is 8.30. The van der Waals surface area contributed by atoms with Gasteiger partial charge in [0.15, 0.2) is 5.69 Å². The summed E-state index contributed by atoms with van der Waals surface area (Å²) < 4.78 is 29.3. The molecule has 2 fully saturated rings. The zero-order chi connectivity index (χ0) is 15.1. The van der Waals surface area contributed by atoms with E-state index in [9.17, 15) is 13.2 Å². The third-order valence-electron chi connectivity index (χ3n) is 4.35. The lowest BCUT2D eigenvalue weighted by atomic mass is 9.87. The Morgan fingerprint density at radius 1 is 1.33 bits per heavy atom. The third-order valence-corrected chi connectivity index (χ3v) is 6.23. The highest BCUT2D eigenvalue weighted by molar-refractivity contribution is 7.88. The second kappa shape index (κ2) is 5.29. The van der Waals surface area contributed by atoms with Crippen LogP contribution in [-0.2, 0) is 10.0 Å². The van der Waals surface area contributed by atoms with E-state index in [1.54, 1.807) is 14.6 Å². The van der Waals surface area contributed by atoms with Crippen molar-refractivity contribution in [2.75, 3.05) is 25.9 Å². The lowest BCUT2D eigenvalue weighted by Crippen LogP contribution is -2.58. The summed E-state index contributed by atoms with van der Waals surface area (Å²) >= 11 is 1.15. The Kier molecular flexibility index (Phi) is 3.74. The molecule has 2 aliphatic heterocycles. The zero-order valence-corrected chi connectivity index (χ0v) is 13.5. The molecule has 116 valence electrons. The summed E-state index contributed by atoms with van der Waals surface area (Å²) in [5.74, 6) is -0.150. The first-order valence-corrected chi connectivity index (χ1v) is 9.65. The van der Waals surface area contributed by atoms with E-state index in [-0.39, 0.29) is 5.91 Å². The number of carbonyl (C=O) groups excluding carboxylic acids is 1. The standard InChI is InChI=1S/C12H18N4O3S2/c1-21(18,19)16-7-3-5-12(16)4-2-6-15(9-12)11(17)10-8-20-14-13-10/h8H,2-7,9H2,1H3/t12-/m0/s1. The van der Waals surface area contributed by atoms with Crippen LogP contribution in [-0.4, -0.2) is 64.5 Å². The van der Waals surface area contributed by atoms with Crippen LogP contribution in [0, 0.1) is 0 Å². The van der Waals surface area contributed by atoms with Gasteiger partial charge in [0.1, 0.15) is 0 Å². The Morgan fingerprint density at radius 2 is 2.05 bits per heavy atom. The van der Waals surface area contributed by atoms with Crippen LogP contribution in [0.1, 0.15) is 36.2 Å². The van der Waals surface area contributed by atoms with E-state index in [1.807, 2.05) is 0 Å². The first-order valence-electron chi connectivity index (χ1n) is 6.97. The highest BCUT2D eigenvalue weighted by Gasteiger charge is 2.48. The number of rotatable bonds is 2. The second-order valence-electron chi connectivity index (χ2n) is 5.78. The van der Waals surface area contributed by atoms with Crippen molar-refractivity contribution in [3.05, 3.63) is 11.1 Å². The van der Waals surface area contributed by atoms with Crippen LogP contribution in [0.15, 0.2) is 5.38 Å². The molecule has 9 heteroatoms. The number of likely N-dealkylation sites (tertiary alicyclic amines) is 1. The van der Waals surface area contributed by atoms with Gasteiger partial charge in [-0.3, -0.25) is 4.79 Å². The van der Waals surface area contributed by atoms with Crippen molar-refractivity contribution in [3.8, 4) is 0 Å². The van der Waals surface area contributed by atoms with Crippen molar-refractivity contribution in [2.24, 2.45) is 0 Å². The highest BCUT2D eigenvalue weighted by atomic mass is 32.2. The molecule has 2 aliphatic rings. The van der Waals surface area contributed by atoms with Gasteiger partial charge in [-0.15, -0.1) is 5.10 Å². The Labute approximate surface area is 128 Å². The summed E-state index contributed by atoms with van der Waals surface area (Å²) in [5.41, 5.74) is -0.0775. The SMILES string of the molecule is CS(=O)(=O)N1CCC[C@]12CCCN(C(=O)c1csnn1)C2. The van der Waals surface area contributed by atoms with Crippen LogP contribution in [0.2, 0.25) is 0 Å². The fourth-order valence-corrected chi connectivity index (χ4v) is 5.38. The molecule has 0 bridgehead atoms. The van der Waals surface area contributed by atoms with Crippen LogP contribution in [0.5, 0.6) is 0 Å². The Hall–Kier alpha value is -1.06. The predicted octanol–water partition coefficient (Wildman–Crippen LogP) is 0.568. The number of aromatic nitrogens is 2. The van der Waals surface area contributed by atoms with Crippen molar-refractivity contribution in [3.63, 3.8) is 0 Å². The van der Waals surface area contributed by atoms with Crippen LogP contribution in [0.25, 0.3) is 0 Å². The van der Waals surface area contributed by atoms with Gasteiger partial charge < -0.3 is 4.90 Å². The number of sulfonamides is 1. The summed E-state index contributed by atoms with van der Waals surface area (Å²) in [6, 6.07) is 0. The molecule has 1 amide bonds. The lowest BCUT2D eigenvalue weighted by Gasteiger charge is -2.44. The summed E-state index contributed by atoms with van der Waals surface area (Å²) in [4.78, 5) is 14.1. The maximum absolute atomic E-state index is 12.4. The molecular weight excluding hydrogens is 312 g/mol. The van der Waals surface area contributed by atoms with Gasteiger partial charge in [-0.2, -0.15) is 4.31 Å².